The van der Waals surface area contributed by atoms with Gasteiger partial charge in [0.2, 0.25) is 0 Å². The Morgan fingerprint density at radius 2 is 1.28 bits per heavy atom. The molecule has 1 aliphatic heterocycles. The number of nitrogens with zero attached hydrogens (tertiary/aromatic N) is 3. The molecule has 0 spiro atoms. The van der Waals surface area contributed by atoms with Gasteiger partial charge < -0.3 is 20.8 Å². The first-order valence-electron chi connectivity index (χ1n) is 19.2. The van der Waals surface area contributed by atoms with Crippen LogP contribution in [-0.2, 0) is 17.9 Å². The van der Waals surface area contributed by atoms with E-state index in [0.717, 1.165) is 78.7 Å². The second-order valence-corrected chi connectivity index (χ2v) is 15.4. The fraction of sp³-hybridized carbons (Fsp3) is 0.419. The van der Waals surface area contributed by atoms with Gasteiger partial charge in [-0.1, -0.05) is 30.7 Å². The average Bonchev–Trinajstić information content (AvgIpc) is 4.11. The van der Waals surface area contributed by atoms with Crippen LogP contribution in [0.15, 0.2) is 60.9 Å². The molecule has 2 aromatic heterocycles. The standard InChI is InChI=1S/C43H50N6O5/c1-26-32(9-7-11-36(26)47-40(51)38-19-34(28-13-14-28)30(21-44-38)23-46-43(3,25-50)42(53)54)33-10-8-12-37(27(33)2)48-41(52)39-20-35(29-15-16-29)31(22-45-39)24-49-17-5-4-6-18-49/h7-12,19-22,28-29,46,50H,4-6,13-18,23-25H2,1-3H3,(H,47,51)(H,48,52)(H,53,54)/t43-/m1/s1. The van der Waals surface area contributed by atoms with Crippen molar-refractivity contribution in [3.05, 3.63) is 106 Å². The number of piperidine rings is 1. The minimum absolute atomic E-state index is 0.202. The molecule has 2 saturated carbocycles. The van der Waals surface area contributed by atoms with E-state index >= 15 is 0 Å². The van der Waals surface area contributed by atoms with Crippen molar-refractivity contribution in [3.8, 4) is 11.1 Å². The van der Waals surface area contributed by atoms with E-state index in [0.29, 0.717) is 23.0 Å². The highest BCUT2D eigenvalue weighted by Crippen LogP contribution is 2.43. The SMILES string of the molecule is Cc1c(NC(=O)c2cc(C3CC3)c(CN[C@](C)(CO)C(=O)O)cn2)cccc1-c1cccc(NC(=O)c2cc(C3CC3)c(CN3CCCCC3)cn2)c1C. The maximum absolute atomic E-state index is 13.6. The summed E-state index contributed by atoms with van der Waals surface area (Å²) in [5.41, 5.74) is 8.46. The van der Waals surface area contributed by atoms with Crippen LogP contribution < -0.4 is 16.0 Å². The number of nitrogens with one attached hydrogen (secondary N) is 3. The summed E-state index contributed by atoms with van der Waals surface area (Å²) in [7, 11) is 0. The lowest BCUT2D eigenvalue weighted by Crippen LogP contribution is -2.52. The summed E-state index contributed by atoms with van der Waals surface area (Å²) >= 11 is 0. The molecule has 2 amide bonds. The predicted octanol–water partition coefficient (Wildman–Crippen LogP) is 6.93. The molecule has 1 saturated heterocycles. The Balaban J connectivity index is 1.06. The number of likely N-dealkylation sites (tertiary alicyclic amines) is 1. The van der Waals surface area contributed by atoms with Crippen LogP contribution in [0.2, 0.25) is 0 Å². The molecule has 54 heavy (non-hydrogen) atoms. The number of hydrogen-bond donors (Lipinski definition) is 5. The molecule has 3 aliphatic rings. The third-order valence-corrected chi connectivity index (χ3v) is 11.3. The van der Waals surface area contributed by atoms with Gasteiger partial charge in [-0.05, 0) is 153 Å². The Bertz CT molecular complexity index is 2070. The number of benzene rings is 2. The Morgan fingerprint density at radius 1 is 0.778 bits per heavy atom. The third-order valence-electron chi connectivity index (χ3n) is 11.3. The third kappa shape index (κ3) is 8.23. The van der Waals surface area contributed by atoms with Crippen molar-refractivity contribution in [2.75, 3.05) is 30.3 Å². The molecule has 3 heterocycles. The van der Waals surface area contributed by atoms with Crippen molar-refractivity contribution in [2.45, 2.75) is 96.2 Å². The summed E-state index contributed by atoms with van der Waals surface area (Å²) in [4.78, 5) is 50.5. The van der Waals surface area contributed by atoms with Gasteiger partial charge in [-0.15, -0.1) is 0 Å². The molecule has 4 aromatic rings. The minimum Gasteiger partial charge on any atom is -0.480 e. The number of aliphatic carboxylic acids is 1. The van der Waals surface area contributed by atoms with E-state index in [1.807, 2.05) is 62.5 Å². The number of carbonyl (C=O) groups excluding carboxylic acids is 2. The van der Waals surface area contributed by atoms with Gasteiger partial charge in [0.1, 0.15) is 16.9 Å². The first kappa shape index (κ1) is 37.3. The number of rotatable bonds is 14. The van der Waals surface area contributed by atoms with Crippen molar-refractivity contribution in [1.29, 1.82) is 0 Å². The Labute approximate surface area is 316 Å². The minimum atomic E-state index is -1.49. The largest absolute Gasteiger partial charge is 0.480 e. The van der Waals surface area contributed by atoms with Crippen LogP contribution in [0.3, 0.4) is 0 Å². The molecule has 282 valence electrons. The number of carboxylic acid groups (broad SMARTS) is 1. The van der Waals surface area contributed by atoms with Crippen molar-refractivity contribution in [3.63, 3.8) is 0 Å². The average molecular weight is 731 g/mol. The van der Waals surface area contributed by atoms with Gasteiger partial charge in [0.05, 0.1) is 6.61 Å². The fourth-order valence-electron chi connectivity index (χ4n) is 7.42. The summed E-state index contributed by atoms with van der Waals surface area (Å²) in [5, 5.41) is 28.3. The van der Waals surface area contributed by atoms with Gasteiger partial charge in [0, 0.05) is 36.9 Å². The highest BCUT2D eigenvalue weighted by molar-refractivity contribution is 6.05. The van der Waals surface area contributed by atoms with E-state index in [-0.39, 0.29) is 30.0 Å². The number of hydrogen-bond acceptors (Lipinski definition) is 8. The first-order chi connectivity index (χ1) is 26.0. The number of carbonyl (C=O) groups is 3. The number of amides is 2. The Morgan fingerprint density at radius 3 is 1.76 bits per heavy atom. The normalized spacial score (nSPS) is 17.1. The zero-order chi connectivity index (χ0) is 38.0. The molecule has 7 rings (SSSR count). The number of aromatic nitrogens is 2. The van der Waals surface area contributed by atoms with Crippen LogP contribution in [0.4, 0.5) is 11.4 Å². The van der Waals surface area contributed by atoms with Crippen molar-refractivity contribution in [2.24, 2.45) is 0 Å². The Kier molecular flexibility index (Phi) is 10.9. The molecular formula is C43H50N6O5. The molecule has 3 fully saturated rings. The van der Waals surface area contributed by atoms with E-state index in [1.165, 1.54) is 37.3 Å². The summed E-state index contributed by atoms with van der Waals surface area (Å²) in [6, 6.07) is 15.4. The topological polar surface area (TPSA) is 157 Å². The van der Waals surface area contributed by atoms with Crippen LogP contribution in [0.1, 0.15) is 118 Å². The van der Waals surface area contributed by atoms with Crippen molar-refractivity contribution in [1.82, 2.24) is 20.2 Å². The second kappa shape index (κ2) is 15.8. The van der Waals surface area contributed by atoms with Gasteiger partial charge in [-0.3, -0.25) is 34.6 Å². The van der Waals surface area contributed by atoms with Crippen LogP contribution >= 0.6 is 0 Å². The number of anilines is 2. The van der Waals surface area contributed by atoms with E-state index in [1.54, 1.807) is 12.3 Å². The van der Waals surface area contributed by atoms with E-state index < -0.39 is 18.1 Å². The number of carboxylic acids is 1. The lowest BCUT2D eigenvalue weighted by Gasteiger charge is -2.27. The summed E-state index contributed by atoms with van der Waals surface area (Å²) in [6.07, 6.45) is 11.6. The highest BCUT2D eigenvalue weighted by atomic mass is 16.4. The van der Waals surface area contributed by atoms with Gasteiger partial charge in [-0.2, -0.15) is 0 Å². The second-order valence-electron chi connectivity index (χ2n) is 15.4. The quantitative estimate of drug-likeness (QED) is 0.0929. The van der Waals surface area contributed by atoms with E-state index in [9.17, 15) is 24.6 Å². The highest BCUT2D eigenvalue weighted by Gasteiger charge is 2.34. The Hall–Kier alpha value is -4.97. The maximum atomic E-state index is 13.6. The number of aliphatic hydroxyl groups is 1. The zero-order valence-corrected chi connectivity index (χ0v) is 31.4. The van der Waals surface area contributed by atoms with E-state index in [4.69, 9.17) is 0 Å². The molecule has 2 aromatic carbocycles. The molecule has 2 aliphatic carbocycles. The summed E-state index contributed by atoms with van der Waals surface area (Å²) in [5.74, 6) is -0.937. The first-order valence-corrected chi connectivity index (χ1v) is 19.2. The fourth-order valence-corrected chi connectivity index (χ4v) is 7.42. The van der Waals surface area contributed by atoms with Gasteiger partial charge in [0.25, 0.3) is 11.8 Å². The summed E-state index contributed by atoms with van der Waals surface area (Å²) < 4.78 is 0. The van der Waals surface area contributed by atoms with Gasteiger partial charge >= 0.3 is 5.97 Å². The lowest BCUT2D eigenvalue weighted by molar-refractivity contribution is -0.145. The molecule has 0 unspecified atom stereocenters. The van der Waals surface area contributed by atoms with Crippen LogP contribution in [-0.4, -0.2) is 68.1 Å². The van der Waals surface area contributed by atoms with Crippen LogP contribution in [0, 0.1) is 13.8 Å². The van der Waals surface area contributed by atoms with Crippen LogP contribution in [0.5, 0.6) is 0 Å². The van der Waals surface area contributed by atoms with Crippen molar-refractivity contribution < 1.29 is 24.6 Å². The molecule has 11 nitrogen and oxygen atoms in total. The zero-order valence-electron chi connectivity index (χ0n) is 31.4. The predicted molar refractivity (Wildman–Crippen MR) is 209 cm³/mol. The summed E-state index contributed by atoms with van der Waals surface area (Å²) in [6.45, 7) is 8.15. The molecule has 11 heteroatoms. The molecule has 0 radical (unpaired) electrons. The lowest BCUT2D eigenvalue weighted by atomic mass is 9.94. The molecule has 1 atom stereocenters. The molecular weight excluding hydrogens is 681 g/mol. The number of aliphatic hydroxyl groups excluding tert-OH is 1. The van der Waals surface area contributed by atoms with Crippen LogP contribution in [0.25, 0.3) is 11.1 Å². The molecule has 5 N–H and O–H groups in total. The monoisotopic (exact) mass is 730 g/mol. The molecule has 0 bridgehead atoms. The maximum Gasteiger partial charge on any atom is 0.326 e. The smallest absolute Gasteiger partial charge is 0.326 e. The number of pyridine rings is 2. The van der Waals surface area contributed by atoms with Crippen molar-refractivity contribution >= 4 is 29.2 Å². The van der Waals surface area contributed by atoms with Gasteiger partial charge in [0.15, 0.2) is 0 Å². The van der Waals surface area contributed by atoms with E-state index in [2.05, 4.69) is 30.8 Å². The van der Waals surface area contributed by atoms with Gasteiger partial charge in [-0.25, -0.2) is 0 Å².